The number of fused-ring (bicyclic) bond motifs is 1. The molecule has 3 heterocycles. The van der Waals surface area contributed by atoms with Crippen LogP contribution in [0.5, 0.6) is 11.5 Å². The van der Waals surface area contributed by atoms with Crippen LogP contribution in [0.15, 0.2) is 16.7 Å². The van der Waals surface area contributed by atoms with Crippen LogP contribution in [0, 0.1) is 23.5 Å². The number of halogens is 3. The SMILES string of the molecule is COc1cc(OC)c(F)c(C#Cc2nn(C3CCN(C(=O)OC(C)(C)C)C3)c3c(Br)cnc(N)c23)c1F. The zero-order chi connectivity index (χ0) is 27.1. The van der Waals surface area contributed by atoms with E-state index in [9.17, 15) is 13.6 Å². The van der Waals surface area contributed by atoms with Gasteiger partial charge in [0.25, 0.3) is 0 Å². The molecule has 1 unspecified atom stereocenters. The van der Waals surface area contributed by atoms with Gasteiger partial charge in [-0.1, -0.05) is 5.92 Å². The van der Waals surface area contributed by atoms with Crippen molar-refractivity contribution in [2.45, 2.75) is 38.8 Å². The fourth-order valence-corrected chi connectivity index (χ4v) is 4.54. The van der Waals surface area contributed by atoms with Crippen molar-refractivity contribution in [3.8, 4) is 23.3 Å². The maximum Gasteiger partial charge on any atom is 0.410 e. The first-order chi connectivity index (χ1) is 17.4. The van der Waals surface area contributed by atoms with E-state index in [1.807, 2.05) is 0 Å². The molecule has 0 spiro atoms. The van der Waals surface area contributed by atoms with Crippen LogP contribution in [0.25, 0.3) is 10.9 Å². The maximum atomic E-state index is 14.9. The number of nitrogens with zero attached hydrogens (tertiary/aromatic N) is 4. The van der Waals surface area contributed by atoms with Crippen LogP contribution < -0.4 is 15.2 Å². The average Bonchev–Trinajstić information content (AvgIpc) is 3.46. The van der Waals surface area contributed by atoms with Gasteiger partial charge in [-0.15, -0.1) is 0 Å². The number of benzene rings is 1. The standard InChI is InChI=1S/C25H26BrF2N5O4/c1-25(2,3)37-24(34)32-9-8-13(12-32)33-22-15(26)11-30-23(29)19(22)16(31-33)7-6-14-20(27)17(35-4)10-18(36-5)21(14)28/h10-11,13H,8-9,12H2,1-5H3,(H2,29,30). The molecule has 12 heteroatoms. The van der Waals surface area contributed by atoms with Crippen LogP contribution in [-0.4, -0.2) is 58.7 Å². The first-order valence-corrected chi connectivity index (χ1v) is 12.2. The number of anilines is 1. The first-order valence-electron chi connectivity index (χ1n) is 11.4. The van der Waals surface area contributed by atoms with Crippen molar-refractivity contribution in [1.29, 1.82) is 0 Å². The van der Waals surface area contributed by atoms with Gasteiger partial charge in [0.05, 0.1) is 35.6 Å². The Morgan fingerprint density at radius 3 is 2.43 bits per heavy atom. The summed E-state index contributed by atoms with van der Waals surface area (Å²) in [4.78, 5) is 18.4. The number of methoxy groups -OCH3 is 2. The van der Waals surface area contributed by atoms with Gasteiger partial charge in [0.15, 0.2) is 23.1 Å². The number of carbonyl (C=O) groups is 1. The van der Waals surface area contributed by atoms with Gasteiger partial charge in [-0.25, -0.2) is 18.6 Å². The number of nitrogen functional groups attached to an aromatic ring is 1. The molecule has 9 nitrogen and oxygen atoms in total. The van der Waals surface area contributed by atoms with Crippen molar-refractivity contribution in [3.63, 3.8) is 0 Å². The Hall–Kier alpha value is -3.59. The van der Waals surface area contributed by atoms with E-state index in [2.05, 4.69) is 37.9 Å². The molecule has 1 saturated heterocycles. The molecule has 37 heavy (non-hydrogen) atoms. The van der Waals surface area contributed by atoms with Gasteiger partial charge in [0.2, 0.25) is 0 Å². The predicted octanol–water partition coefficient (Wildman–Crippen LogP) is 4.65. The number of hydrogen-bond acceptors (Lipinski definition) is 7. The van der Waals surface area contributed by atoms with Crippen molar-refractivity contribution in [2.75, 3.05) is 33.0 Å². The molecule has 2 aromatic heterocycles. The lowest BCUT2D eigenvalue weighted by atomic mass is 10.1. The van der Waals surface area contributed by atoms with Crippen LogP contribution in [0.2, 0.25) is 0 Å². The third-order valence-electron chi connectivity index (χ3n) is 5.75. The van der Waals surface area contributed by atoms with E-state index >= 15 is 0 Å². The predicted molar refractivity (Wildman–Crippen MR) is 137 cm³/mol. The van der Waals surface area contributed by atoms with Crippen molar-refractivity contribution in [1.82, 2.24) is 19.7 Å². The summed E-state index contributed by atoms with van der Waals surface area (Å²) in [5.74, 6) is 3.07. The quantitative estimate of drug-likeness (QED) is 0.451. The van der Waals surface area contributed by atoms with Crippen molar-refractivity contribution >= 4 is 38.7 Å². The smallest absolute Gasteiger partial charge is 0.410 e. The summed E-state index contributed by atoms with van der Waals surface area (Å²) in [6.07, 6.45) is 1.73. The fourth-order valence-electron chi connectivity index (χ4n) is 4.06. The summed E-state index contributed by atoms with van der Waals surface area (Å²) < 4.78 is 47.5. The Kier molecular flexibility index (Phi) is 7.19. The minimum atomic E-state index is -0.965. The molecule has 1 fully saturated rings. The van der Waals surface area contributed by atoms with Crippen LogP contribution in [0.1, 0.15) is 44.5 Å². The zero-order valence-electron chi connectivity index (χ0n) is 21.0. The number of pyridine rings is 1. The number of hydrogen-bond donors (Lipinski definition) is 1. The second-order valence-corrected chi connectivity index (χ2v) is 10.3. The fraction of sp³-hybridized carbons (Fsp3) is 0.400. The molecule has 196 valence electrons. The highest BCUT2D eigenvalue weighted by Gasteiger charge is 2.33. The van der Waals surface area contributed by atoms with E-state index in [4.69, 9.17) is 19.9 Å². The van der Waals surface area contributed by atoms with Gasteiger partial charge >= 0.3 is 6.09 Å². The van der Waals surface area contributed by atoms with Crippen molar-refractivity contribution in [2.24, 2.45) is 0 Å². The lowest BCUT2D eigenvalue weighted by molar-refractivity contribution is 0.0288. The van der Waals surface area contributed by atoms with Crippen LogP contribution in [0.4, 0.5) is 19.4 Å². The van der Waals surface area contributed by atoms with E-state index in [1.165, 1.54) is 14.2 Å². The number of rotatable bonds is 3. The topological polar surface area (TPSA) is 105 Å². The van der Waals surface area contributed by atoms with Gasteiger partial charge in [-0.3, -0.25) is 4.68 Å². The Morgan fingerprint density at radius 2 is 1.84 bits per heavy atom. The van der Waals surface area contributed by atoms with Gasteiger partial charge in [-0.2, -0.15) is 5.10 Å². The third kappa shape index (κ3) is 5.13. The molecule has 0 aliphatic carbocycles. The Labute approximate surface area is 221 Å². The molecule has 3 aromatic rings. The molecule has 1 aromatic carbocycles. The molecule has 0 radical (unpaired) electrons. The number of likely N-dealkylation sites (tertiary alicyclic amines) is 1. The van der Waals surface area contributed by atoms with E-state index in [-0.39, 0.29) is 29.1 Å². The summed E-state index contributed by atoms with van der Waals surface area (Å²) in [5.41, 5.74) is 5.82. The van der Waals surface area contributed by atoms with E-state index in [1.54, 1.807) is 36.5 Å². The number of aromatic nitrogens is 3. The summed E-state index contributed by atoms with van der Waals surface area (Å²) in [6.45, 7) is 6.24. The lowest BCUT2D eigenvalue weighted by Crippen LogP contribution is -2.35. The number of ether oxygens (including phenoxy) is 3. The molecule has 0 saturated carbocycles. The number of carbonyl (C=O) groups excluding carboxylic acids is 1. The third-order valence-corrected chi connectivity index (χ3v) is 6.33. The maximum absolute atomic E-state index is 14.9. The highest BCUT2D eigenvalue weighted by Crippen LogP contribution is 2.35. The summed E-state index contributed by atoms with van der Waals surface area (Å²) in [5, 5.41) is 5.05. The van der Waals surface area contributed by atoms with Crippen LogP contribution in [0.3, 0.4) is 0 Å². The van der Waals surface area contributed by atoms with E-state index in [0.29, 0.717) is 34.9 Å². The van der Waals surface area contributed by atoms with Gasteiger partial charge in [0, 0.05) is 25.4 Å². The summed E-state index contributed by atoms with van der Waals surface area (Å²) >= 11 is 3.50. The van der Waals surface area contributed by atoms with Crippen molar-refractivity contribution < 1.29 is 27.8 Å². The molecule has 1 amide bonds. The highest BCUT2D eigenvalue weighted by molar-refractivity contribution is 9.10. The molecule has 1 atom stereocenters. The summed E-state index contributed by atoms with van der Waals surface area (Å²) in [6, 6.07) is 0.893. The lowest BCUT2D eigenvalue weighted by Gasteiger charge is -2.24. The van der Waals surface area contributed by atoms with Gasteiger partial charge in [0.1, 0.15) is 22.7 Å². The molecular weight excluding hydrogens is 552 g/mol. The number of amides is 1. The minimum Gasteiger partial charge on any atom is -0.493 e. The average molecular weight is 578 g/mol. The monoisotopic (exact) mass is 577 g/mol. The second kappa shape index (κ2) is 10.0. The van der Waals surface area contributed by atoms with Gasteiger partial charge < -0.3 is 24.8 Å². The van der Waals surface area contributed by atoms with Crippen LogP contribution in [-0.2, 0) is 4.74 Å². The second-order valence-electron chi connectivity index (χ2n) is 9.41. The van der Waals surface area contributed by atoms with Gasteiger partial charge in [-0.05, 0) is 49.0 Å². The normalized spacial score (nSPS) is 15.5. The molecule has 1 aliphatic rings. The molecule has 0 bridgehead atoms. The molecule has 2 N–H and O–H groups in total. The van der Waals surface area contributed by atoms with Crippen LogP contribution >= 0.6 is 15.9 Å². The van der Waals surface area contributed by atoms with E-state index < -0.39 is 28.9 Å². The minimum absolute atomic E-state index is 0.153. The molecule has 4 rings (SSSR count). The summed E-state index contributed by atoms with van der Waals surface area (Å²) in [7, 11) is 2.52. The Balaban J connectivity index is 1.78. The molecular formula is C25H26BrF2N5O4. The van der Waals surface area contributed by atoms with E-state index in [0.717, 1.165) is 6.07 Å². The Morgan fingerprint density at radius 1 is 1.19 bits per heavy atom. The first kappa shape index (κ1) is 26.5. The largest absolute Gasteiger partial charge is 0.493 e. The highest BCUT2D eigenvalue weighted by atomic mass is 79.9. The van der Waals surface area contributed by atoms with Crippen molar-refractivity contribution in [3.05, 3.63) is 39.6 Å². The number of nitrogens with two attached hydrogens (primary N) is 1. The Bertz CT molecular complexity index is 1410. The molecule has 1 aliphatic heterocycles. The zero-order valence-corrected chi connectivity index (χ0v) is 22.6.